The van der Waals surface area contributed by atoms with Gasteiger partial charge in [0, 0.05) is 25.2 Å². The molecule has 1 aromatic heterocycles. The number of hydrogen-bond donors (Lipinski definition) is 3. The van der Waals surface area contributed by atoms with E-state index in [9.17, 15) is 14.7 Å². The van der Waals surface area contributed by atoms with E-state index in [0.717, 1.165) is 5.56 Å². The van der Waals surface area contributed by atoms with E-state index in [1.165, 1.54) is 11.0 Å². The smallest absolute Gasteiger partial charge is 0.336 e. The number of nitrogens with one attached hydrogen (secondary N) is 2. The van der Waals surface area contributed by atoms with Gasteiger partial charge in [0.15, 0.2) is 5.82 Å². The van der Waals surface area contributed by atoms with Crippen LogP contribution in [-0.4, -0.2) is 47.3 Å². The highest BCUT2D eigenvalue weighted by Gasteiger charge is 2.25. The molecule has 1 aliphatic heterocycles. The molecule has 0 saturated heterocycles. The summed E-state index contributed by atoms with van der Waals surface area (Å²) >= 11 is 6.46. The maximum absolute atomic E-state index is 12.1. The van der Waals surface area contributed by atoms with E-state index in [2.05, 4.69) is 15.6 Å². The van der Waals surface area contributed by atoms with Crippen LogP contribution < -0.4 is 15.4 Å². The summed E-state index contributed by atoms with van der Waals surface area (Å²) in [5, 5.41) is 16.0. The summed E-state index contributed by atoms with van der Waals surface area (Å²) < 4.78 is 5.84. The number of amides is 1. The highest BCUT2D eigenvalue weighted by molar-refractivity contribution is 6.33. The van der Waals surface area contributed by atoms with Crippen LogP contribution in [-0.2, 0) is 0 Å². The first-order valence-electron chi connectivity index (χ1n) is 9.79. The van der Waals surface area contributed by atoms with Crippen LogP contribution in [0, 0.1) is 6.92 Å². The van der Waals surface area contributed by atoms with E-state index in [-0.39, 0.29) is 11.5 Å². The minimum Gasteiger partial charge on any atom is -0.478 e. The van der Waals surface area contributed by atoms with Gasteiger partial charge in [-0.25, -0.2) is 9.78 Å². The van der Waals surface area contributed by atoms with Crippen LogP contribution in [0.1, 0.15) is 26.3 Å². The molecule has 2 aromatic carbocycles. The summed E-state index contributed by atoms with van der Waals surface area (Å²) in [4.78, 5) is 29.6. The number of ether oxygens (including phenoxy) is 1. The van der Waals surface area contributed by atoms with Crippen LogP contribution in [0.2, 0.25) is 5.02 Å². The summed E-state index contributed by atoms with van der Waals surface area (Å²) in [6.07, 6.45) is -0.645. The van der Waals surface area contributed by atoms with Crippen molar-refractivity contribution in [3.05, 3.63) is 70.2 Å². The van der Waals surface area contributed by atoms with Crippen molar-refractivity contribution >= 4 is 35.0 Å². The van der Waals surface area contributed by atoms with Gasteiger partial charge in [-0.2, -0.15) is 0 Å². The Morgan fingerprint density at radius 2 is 1.81 bits per heavy atom. The largest absolute Gasteiger partial charge is 0.478 e. The topological polar surface area (TPSA) is 104 Å². The highest BCUT2D eigenvalue weighted by Crippen LogP contribution is 2.36. The molecule has 0 bridgehead atoms. The van der Waals surface area contributed by atoms with Gasteiger partial charge in [0.25, 0.3) is 5.91 Å². The average Bonchev–Trinajstić information content (AvgIpc) is 3.14. The minimum absolute atomic E-state index is 0.0856. The highest BCUT2D eigenvalue weighted by atomic mass is 35.5. The zero-order valence-electron chi connectivity index (χ0n) is 17.6. The molecule has 1 unspecified atom stereocenters. The van der Waals surface area contributed by atoms with Crippen molar-refractivity contribution in [2.45, 2.75) is 13.3 Å². The molecule has 1 atom stereocenters. The quantitative estimate of drug-likeness (QED) is 0.529. The molecule has 0 saturated carbocycles. The molecule has 3 N–H and O–H groups in total. The van der Waals surface area contributed by atoms with Crippen molar-refractivity contribution < 1.29 is 19.4 Å². The number of carboxylic acids is 1. The monoisotopic (exact) mass is 452 g/mol. The molecular formula is C23H21ClN4O4. The van der Waals surface area contributed by atoms with Gasteiger partial charge in [-0.15, -0.1) is 0 Å². The third-order valence-corrected chi connectivity index (χ3v) is 5.32. The number of fused-ring (bicyclic) bond motifs is 1. The Kier molecular flexibility index (Phi) is 5.63. The molecule has 0 aliphatic carbocycles. The SMILES string of the molecule is Cc1ccc(OC2Nc3cc(Cl)c(-c4ccc(C(=O)N(C)C)cc4)nc3N2)cc1C(=O)O. The minimum atomic E-state index is -1.01. The van der Waals surface area contributed by atoms with E-state index in [4.69, 9.17) is 16.3 Å². The maximum atomic E-state index is 12.1. The lowest BCUT2D eigenvalue weighted by Gasteiger charge is -2.15. The van der Waals surface area contributed by atoms with Crippen LogP contribution in [0.5, 0.6) is 5.75 Å². The second kappa shape index (κ2) is 8.39. The van der Waals surface area contributed by atoms with Gasteiger partial charge in [0.1, 0.15) is 5.75 Å². The summed E-state index contributed by atoms with van der Waals surface area (Å²) in [5.41, 5.74) is 3.39. The van der Waals surface area contributed by atoms with Gasteiger partial charge in [-0.05, 0) is 42.8 Å². The van der Waals surface area contributed by atoms with Gasteiger partial charge in [0.05, 0.1) is 22.0 Å². The van der Waals surface area contributed by atoms with E-state index in [1.807, 2.05) is 0 Å². The van der Waals surface area contributed by atoms with Crippen molar-refractivity contribution in [2.24, 2.45) is 0 Å². The molecule has 0 radical (unpaired) electrons. The van der Waals surface area contributed by atoms with Crippen LogP contribution in [0.15, 0.2) is 48.5 Å². The molecule has 0 fully saturated rings. The number of rotatable bonds is 5. The summed E-state index contributed by atoms with van der Waals surface area (Å²) in [6, 6.07) is 13.7. The number of carbonyl (C=O) groups is 2. The lowest BCUT2D eigenvalue weighted by atomic mass is 10.1. The molecular weight excluding hydrogens is 432 g/mol. The fourth-order valence-electron chi connectivity index (χ4n) is 3.34. The lowest BCUT2D eigenvalue weighted by molar-refractivity contribution is 0.0695. The Bertz CT molecular complexity index is 1210. The summed E-state index contributed by atoms with van der Waals surface area (Å²) in [6.45, 7) is 1.73. The first kappa shape index (κ1) is 21.5. The Morgan fingerprint density at radius 1 is 1.09 bits per heavy atom. The van der Waals surface area contributed by atoms with Gasteiger partial charge >= 0.3 is 5.97 Å². The number of aromatic nitrogens is 1. The third kappa shape index (κ3) is 4.17. The summed E-state index contributed by atoms with van der Waals surface area (Å²) in [7, 11) is 3.40. The predicted octanol–water partition coefficient (Wildman–Crippen LogP) is 4.31. The van der Waals surface area contributed by atoms with Gasteiger partial charge in [-0.1, -0.05) is 29.8 Å². The molecule has 1 amide bonds. The molecule has 2 heterocycles. The fraction of sp³-hybridized carbons (Fsp3) is 0.174. The van der Waals surface area contributed by atoms with E-state index >= 15 is 0 Å². The molecule has 164 valence electrons. The predicted molar refractivity (Wildman–Crippen MR) is 123 cm³/mol. The van der Waals surface area contributed by atoms with E-state index in [1.54, 1.807) is 63.5 Å². The van der Waals surface area contributed by atoms with E-state index in [0.29, 0.717) is 39.1 Å². The number of hydrogen-bond acceptors (Lipinski definition) is 6. The molecule has 3 aromatic rings. The van der Waals surface area contributed by atoms with Crippen LogP contribution >= 0.6 is 11.6 Å². The zero-order valence-corrected chi connectivity index (χ0v) is 18.4. The number of anilines is 2. The van der Waals surface area contributed by atoms with Gasteiger partial charge in [-0.3, -0.25) is 4.79 Å². The molecule has 4 rings (SSSR count). The van der Waals surface area contributed by atoms with Crippen molar-refractivity contribution in [1.29, 1.82) is 0 Å². The first-order valence-corrected chi connectivity index (χ1v) is 10.2. The Labute approximate surface area is 189 Å². The van der Waals surface area contributed by atoms with Crippen molar-refractivity contribution in [3.8, 4) is 17.0 Å². The van der Waals surface area contributed by atoms with Crippen LogP contribution in [0.4, 0.5) is 11.5 Å². The number of carboxylic acid groups (broad SMARTS) is 1. The molecule has 9 heteroatoms. The average molecular weight is 453 g/mol. The van der Waals surface area contributed by atoms with Crippen LogP contribution in [0.25, 0.3) is 11.3 Å². The number of nitrogens with zero attached hydrogens (tertiary/aromatic N) is 2. The van der Waals surface area contributed by atoms with Crippen LogP contribution in [0.3, 0.4) is 0 Å². The normalized spacial score (nSPS) is 14.2. The van der Waals surface area contributed by atoms with Crippen molar-refractivity contribution in [1.82, 2.24) is 9.88 Å². The zero-order chi connectivity index (χ0) is 23.0. The Balaban J connectivity index is 1.54. The fourth-order valence-corrected chi connectivity index (χ4v) is 3.60. The molecule has 8 nitrogen and oxygen atoms in total. The van der Waals surface area contributed by atoms with Crippen molar-refractivity contribution in [2.75, 3.05) is 24.7 Å². The second-order valence-corrected chi connectivity index (χ2v) is 7.97. The third-order valence-electron chi connectivity index (χ3n) is 5.04. The number of halogens is 1. The van der Waals surface area contributed by atoms with Gasteiger partial charge < -0.3 is 25.4 Å². The molecule has 32 heavy (non-hydrogen) atoms. The number of benzene rings is 2. The molecule has 1 aliphatic rings. The molecule has 0 spiro atoms. The number of carbonyl (C=O) groups excluding carboxylic acids is 1. The summed E-state index contributed by atoms with van der Waals surface area (Å²) in [5.74, 6) is -0.149. The Hall–Kier alpha value is -3.78. The first-order chi connectivity index (χ1) is 15.2. The second-order valence-electron chi connectivity index (χ2n) is 7.56. The van der Waals surface area contributed by atoms with Crippen molar-refractivity contribution in [3.63, 3.8) is 0 Å². The lowest BCUT2D eigenvalue weighted by Crippen LogP contribution is -2.29. The van der Waals surface area contributed by atoms with E-state index < -0.39 is 12.3 Å². The maximum Gasteiger partial charge on any atom is 0.336 e. The number of pyridine rings is 1. The standard InChI is InChI=1S/C23H21ClN4O4/c1-12-4-9-15(10-16(12)22(30)31)32-23-25-18-11-17(24)19(26-20(18)27-23)13-5-7-14(8-6-13)21(29)28(2)3/h4-11,23,25H,1-3H3,(H,26,27)(H,30,31). The van der Waals surface area contributed by atoms with Gasteiger partial charge in [0.2, 0.25) is 6.35 Å². The number of aromatic carboxylic acids is 1. The Morgan fingerprint density at radius 3 is 2.47 bits per heavy atom. The number of aryl methyl sites for hydroxylation is 1.